The van der Waals surface area contributed by atoms with Crippen LogP contribution in [0.5, 0.6) is 5.75 Å². The van der Waals surface area contributed by atoms with Crippen LogP contribution in [0.15, 0.2) is 23.1 Å². The molecule has 0 aliphatic carbocycles. The average molecular weight is 332 g/mol. The summed E-state index contributed by atoms with van der Waals surface area (Å²) in [6, 6.07) is 3.37. The van der Waals surface area contributed by atoms with E-state index >= 15 is 0 Å². The van der Waals surface area contributed by atoms with Crippen LogP contribution in [0.4, 0.5) is 4.39 Å². The number of rotatable bonds is 7. The van der Waals surface area contributed by atoms with Gasteiger partial charge in [-0.2, -0.15) is 4.31 Å². The molecule has 6 nitrogen and oxygen atoms in total. The zero-order valence-corrected chi connectivity index (χ0v) is 13.5. The van der Waals surface area contributed by atoms with E-state index in [1.54, 1.807) is 0 Å². The Labute approximate surface area is 130 Å². The van der Waals surface area contributed by atoms with Gasteiger partial charge < -0.3 is 14.8 Å². The summed E-state index contributed by atoms with van der Waals surface area (Å²) >= 11 is 0. The van der Waals surface area contributed by atoms with E-state index in [1.807, 2.05) is 0 Å². The smallest absolute Gasteiger partial charge is 0.246 e. The molecule has 0 saturated carbocycles. The van der Waals surface area contributed by atoms with Crippen molar-refractivity contribution in [1.29, 1.82) is 0 Å². The first-order valence-electron chi connectivity index (χ1n) is 7.07. The summed E-state index contributed by atoms with van der Waals surface area (Å²) in [6.45, 7) is 1.87. The molecular weight excluding hydrogens is 311 g/mol. The van der Waals surface area contributed by atoms with E-state index in [4.69, 9.17) is 9.47 Å². The monoisotopic (exact) mass is 332 g/mol. The van der Waals surface area contributed by atoms with E-state index in [0.29, 0.717) is 13.2 Å². The lowest BCUT2D eigenvalue weighted by Crippen LogP contribution is -2.38. The van der Waals surface area contributed by atoms with Crippen LogP contribution >= 0.6 is 0 Å². The van der Waals surface area contributed by atoms with E-state index in [0.717, 1.165) is 19.0 Å². The molecule has 1 saturated heterocycles. The molecule has 8 heteroatoms. The molecule has 2 rings (SSSR count). The largest absolute Gasteiger partial charge is 0.490 e. The van der Waals surface area contributed by atoms with E-state index in [1.165, 1.54) is 30.6 Å². The minimum atomic E-state index is -3.83. The second-order valence-corrected chi connectivity index (χ2v) is 7.07. The number of methoxy groups -OCH3 is 1. The number of hydrogen-bond acceptors (Lipinski definition) is 5. The third-order valence-electron chi connectivity index (χ3n) is 3.66. The molecule has 1 atom stereocenters. The summed E-state index contributed by atoms with van der Waals surface area (Å²) in [6.07, 6.45) is 0.727. The van der Waals surface area contributed by atoms with E-state index in [-0.39, 0.29) is 23.3 Å². The maximum atomic E-state index is 13.5. The quantitative estimate of drug-likeness (QED) is 0.749. The third-order valence-corrected chi connectivity index (χ3v) is 5.59. The molecule has 0 spiro atoms. The van der Waals surface area contributed by atoms with Gasteiger partial charge in [-0.05, 0) is 31.2 Å². The molecule has 1 aromatic rings. The fraction of sp³-hybridized carbons (Fsp3) is 0.571. The fourth-order valence-electron chi connectivity index (χ4n) is 2.34. The highest BCUT2D eigenvalue weighted by molar-refractivity contribution is 7.89. The Morgan fingerprint density at radius 3 is 2.82 bits per heavy atom. The van der Waals surface area contributed by atoms with Gasteiger partial charge in [-0.15, -0.1) is 0 Å². The van der Waals surface area contributed by atoms with Gasteiger partial charge in [0.25, 0.3) is 0 Å². The second-order valence-electron chi connectivity index (χ2n) is 5.10. The number of benzene rings is 1. The average Bonchev–Trinajstić information content (AvgIpc) is 3.02. The maximum absolute atomic E-state index is 13.5. The Balaban J connectivity index is 2.29. The molecule has 124 valence electrons. The Morgan fingerprint density at radius 1 is 1.41 bits per heavy atom. The highest BCUT2D eigenvalue weighted by Gasteiger charge is 2.32. The van der Waals surface area contributed by atoms with Crippen molar-refractivity contribution >= 4 is 10.0 Å². The van der Waals surface area contributed by atoms with Gasteiger partial charge in [0, 0.05) is 26.7 Å². The Morgan fingerprint density at radius 2 is 2.18 bits per heavy atom. The van der Waals surface area contributed by atoms with Gasteiger partial charge in [-0.25, -0.2) is 12.8 Å². The molecule has 0 amide bonds. The molecule has 0 radical (unpaired) electrons. The molecule has 1 unspecified atom stereocenters. The van der Waals surface area contributed by atoms with Gasteiger partial charge in [0.15, 0.2) is 0 Å². The second kappa shape index (κ2) is 7.36. The van der Waals surface area contributed by atoms with Gasteiger partial charge >= 0.3 is 0 Å². The van der Waals surface area contributed by atoms with Crippen molar-refractivity contribution in [2.45, 2.75) is 17.4 Å². The number of ether oxygens (including phenoxy) is 2. The van der Waals surface area contributed by atoms with Crippen LogP contribution < -0.4 is 10.1 Å². The van der Waals surface area contributed by atoms with E-state index in [2.05, 4.69) is 5.32 Å². The van der Waals surface area contributed by atoms with Crippen molar-refractivity contribution in [3.05, 3.63) is 24.0 Å². The van der Waals surface area contributed by atoms with Gasteiger partial charge in [0.05, 0.1) is 6.61 Å². The van der Waals surface area contributed by atoms with Crippen LogP contribution in [0.1, 0.15) is 6.42 Å². The molecule has 0 bridgehead atoms. The van der Waals surface area contributed by atoms with Crippen molar-refractivity contribution in [3.63, 3.8) is 0 Å². The Hall–Kier alpha value is -1.22. The molecule has 0 aromatic heterocycles. The molecule has 1 aliphatic rings. The third kappa shape index (κ3) is 3.75. The molecular formula is C14H21FN2O4S. The number of nitrogens with zero attached hydrogens (tertiary/aromatic N) is 1. The van der Waals surface area contributed by atoms with Crippen LogP contribution in [-0.4, -0.2) is 59.2 Å². The number of sulfonamides is 1. The number of halogens is 1. The summed E-state index contributed by atoms with van der Waals surface area (Å²) < 4.78 is 50.6. The first-order valence-corrected chi connectivity index (χ1v) is 8.51. The van der Waals surface area contributed by atoms with Gasteiger partial charge in [-0.1, -0.05) is 0 Å². The maximum Gasteiger partial charge on any atom is 0.246 e. The topological polar surface area (TPSA) is 67.9 Å². The lowest BCUT2D eigenvalue weighted by atomic mass is 10.3. The van der Waals surface area contributed by atoms with Crippen LogP contribution in [-0.2, 0) is 14.8 Å². The zero-order valence-electron chi connectivity index (χ0n) is 12.7. The van der Waals surface area contributed by atoms with E-state index < -0.39 is 15.8 Å². The SMILES string of the molecule is COCCOc1ccc(F)cc1S(=O)(=O)N(C)C1CCNC1. The van der Waals surface area contributed by atoms with Crippen molar-refractivity contribution in [2.75, 3.05) is 40.5 Å². The number of likely N-dealkylation sites (N-methyl/N-ethyl adjacent to an activating group) is 1. The zero-order chi connectivity index (χ0) is 16.2. The van der Waals surface area contributed by atoms with Gasteiger partial charge in [0.2, 0.25) is 10.0 Å². The Bertz CT molecular complexity index is 603. The normalized spacial score (nSPS) is 18.8. The molecule has 1 N–H and O–H groups in total. The predicted molar refractivity (Wildman–Crippen MR) is 80.0 cm³/mol. The minimum Gasteiger partial charge on any atom is -0.490 e. The lowest BCUT2D eigenvalue weighted by Gasteiger charge is -2.24. The highest BCUT2D eigenvalue weighted by atomic mass is 32.2. The summed E-state index contributed by atoms with van der Waals surface area (Å²) in [5.41, 5.74) is 0. The van der Waals surface area contributed by atoms with Crippen LogP contribution in [0, 0.1) is 5.82 Å². The van der Waals surface area contributed by atoms with E-state index in [9.17, 15) is 12.8 Å². The van der Waals surface area contributed by atoms with Gasteiger partial charge in [-0.3, -0.25) is 0 Å². The standard InChI is InChI=1S/C14H21FN2O4S/c1-17(12-5-6-16-10-12)22(18,19)14-9-11(15)3-4-13(14)21-8-7-20-2/h3-4,9,12,16H,5-8,10H2,1-2H3. The van der Waals surface area contributed by atoms with Crippen LogP contribution in [0.3, 0.4) is 0 Å². The van der Waals surface area contributed by atoms with Crippen molar-refractivity contribution in [1.82, 2.24) is 9.62 Å². The summed E-state index contributed by atoms with van der Waals surface area (Å²) in [7, 11) is -0.794. The minimum absolute atomic E-state index is 0.135. The summed E-state index contributed by atoms with van der Waals surface area (Å²) in [5.74, 6) is -0.480. The van der Waals surface area contributed by atoms with Crippen LogP contribution in [0.25, 0.3) is 0 Å². The fourth-order valence-corrected chi connectivity index (χ4v) is 3.86. The van der Waals surface area contributed by atoms with Crippen molar-refractivity contribution < 1.29 is 22.3 Å². The number of hydrogen-bond donors (Lipinski definition) is 1. The molecule has 1 heterocycles. The summed E-state index contributed by atoms with van der Waals surface area (Å²) in [5, 5.41) is 3.12. The Kier molecular flexibility index (Phi) is 5.74. The predicted octanol–water partition coefficient (Wildman–Crippen LogP) is 0.833. The summed E-state index contributed by atoms with van der Waals surface area (Å²) in [4.78, 5) is -0.155. The number of nitrogens with one attached hydrogen (secondary N) is 1. The van der Waals surface area contributed by atoms with Crippen molar-refractivity contribution in [2.24, 2.45) is 0 Å². The molecule has 1 aliphatic heterocycles. The molecule has 1 fully saturated rings. The highest BCUT2D eigenvalue weighted by Crippen LogP contribution is 2.29. The molecule has 1 aromatic carbocycles. The first kappa shape index (κ1) is 17.1. The first-order chi connectivity index (χ1) is 10.5. The van der Waals surface area contributed by atoms with Gasteiger partial charge in [0.1, 0.15) is 23.1 Å². The van der Waals surface area contributed by atoms with Crippen LogP contribution in [0.2, 0.25) is 0 Å². The molecule has 22 heavy (non-hydrogen) atoms. The van der Waals surface area contributed by atoms with Crippen molar-refractivity contribution in [3.8, 4) is 5.75 Å². The lowest BCUT2D eigenvalue weighted by molar-refractivity contribution is 0.144.